The summed E-state index contributed by atoms with van der Waals surface area (Å²) in [5.41, 5.74) is 1.23. The number of hydrogen-bond acceptors (Lipinski definition) is 5. The van der Waals surface area contributed by atoms with Crippen LogP contribution in [-0.4, -0.2) is 11.9 Å². The van der Waals surface area contributed by atoms with E-state index in [1.807, 2.05) is 25.1 Å². The lowest BCUT2D eigenvalue weighted by molar-refractivity contribution is -0.140. The second-order valence-corrected chi connectivity index (χ2v) is 3.59. The van der Waals surface area contributed by atoms with Crippen molar-refractivity contribution in [3.05, 3.63) is 41.6 Å². The molecule has 0 fully saturated rings. The van der Waals surface area contributed by atoms with Crippen LogP contribution in [0.2, 0.25) is 0 Å². The number of esters is 2. The number of anilines is 1. The summed E-state index contributed by atoms with van der Waals surface area (Å²) in [6.45, 7) is 1.90. The van der Waals surface area contributed by atoms with Gasteiger partial charge in [0.15, 0.2) is 5.57 Å². The van der Waals surface area contributed by atoms with Crippen molar-refractivity contribution in [2.24, 2.45) is 0 Å². The Morgan fingerprint density at radius 1 is 1.25 bits per heavy atom. The molecule has 104 valence electrons. The molecule has 1 rings (SSSR count). The van der Waals surface area contributed by atoms with Gasteiger partial charge in [-0.2, -0.15) is 0 Å². The Labute approximate surface area is 119 Å². The van der Waals surface area contributed by atoms with E-state index in [0.717, 1.165) is 11.8 Å². The number of rotatable bonds is 4. The second kappa shape index (κ2) is 7.30. The van der Waals surface area contributed by atoms with Crippen LogP contribution in [0.15, 0.2) is 36.0 Å². The van der Waals surface area contributed by atoms with Gasteiger partial charge in [-0.25, -0.2) is 9.59 Å². The third-order valence-electron chi connectivity index (χ3n) is 2.14. The summed E-state index contributed by atoms with van der Waals surface area (Å²) in [7, 11) is 0. The third-order valence-corrected chi connectivity index (χ3v) is 2.14. The minimum atomic E-state index is -1.03. The molecule has 1 N–H and O–H groups in total. The SMILES string of the molecule is C#COC(=O)C(=CNc1cccc(C)c1)C(=O)OC#C.[HH].[HH]. The zero-order valence-electron chi connectivity index (χ0n) is 10.7. The highest BCUT2D eigenvalue weighted by atomic mass is 16.5. The topological polar surface area (TPSA) is 64.6 Å². The normalized spacial score (nSPS) is 8.55. The minimum Gasteiger partial charge on any atom is -0.369 e. The van der Waals surface area contributed by atoms with E-state index in [1.54, 1.807) is 18.3 Å². The first-order valence-corrected chi connectivity index (χ1v) is 5.45. The number of benzene rings is 1. The molecule has 0 radical (unpaired) electrons. The molecule has 1 aromatic rings. The average Bonchev–Trinajstić information content (AvgIpc) is 2.39. The third kappa shape index (κ3) is 4.25. The fourth-order valence-corrected chi connectivity index (χ4v) is 1.31. The first-order valence-electron chi connectivity index (χ1n) is 5.45. The van der Waals surface area contributed by atoms with Gasteiger partial charge in [0.1, 0.15) is 12.2 Å². The molecule has 0 atom stereocenters. The lowest BCUT2D eigenvalue weighted by atomic mass is 10.2. The predicted molar refractivity (Wildman–Crippen MR) is 77.0 cm³/mol. The van der Waals surface area contributed by atoms with Crippen molar-refractivity contribution in [1.29, 1.82) is 0 Å². The molecule has 0 aliphatic rings. The van der Waals surface area contributed by atoms with Gasteiger partial charge < -0.3 is 14.8 Å². The van der Waals surface area contributed by atoms with Gasteiger partial charge in [0.2, 0.25) is 0 Å². The Morgan fingerprint density at radius 3 is 2.35 bits per heavy atom. The first kappa shape index (κ1) is 14.9. The van der Waals surface area contributed by atoms with Crippen LogP contribution in [-0.2, 0) is 19.1 Å². The van der Waals surface area contributed by atoms with Crippen LogP contribution in [0.1, 0.15) is 8.42 Å². The van der Waals surface area contributed by atoms with Crippen molar-refractivity contribution in [2.45, 2.75) is 6.92 Å². The van der Waals surface area contributed by atoms with Gasteiger partial charge in [0, 0.05) is 14.7 Å². The van der Waals surface area contributed by atoms with Crippen LogP contribution in [0.5, 0.6) is 0 Å². The molecule has 0 heterocycles. The van der Waals surface area contributed by atoms with Crippen LogP contribution in [0.4, 0.5) is 5.69 Å². The lowest BCUT2D eigenvalue weighted by Crippen LogP contribution is -2.16. The molecule has 0 bridgehead atoms. The Bertz CT molecular complexity index is 612. The van der Waals surface area contributed by atoms with Gasteiger partial charge in [-0.15, -0.1) is 0 Å². The number of carbonyl (C=O) groups excluding carboxylic acids is 2. The minimum absolute atomic E-state index is 0. The van der Waals surface area contributed by atoms with E-state index in [0.29, 0.717) is 5.69 Å². The molecule has 0 aliphatic heterocycles. The van der Waals surface area contributed by atoms with E-state index >= 15 is 0 Å². The van der Waals surface area contributed by atoms with Crippen molar-refractivity contribution in [1.82, 2.24) is 0 Å². The van der Waals surface area contributed by atoms with Crippen molar-refractivity contribution in [2.75, 3.05) is 5.32 Å². The molecular weight excluding hydrogens is 258 g/mol. The van der Waals surface area contributed by atoms with Crippen molar-refractivity contribution in [3.63, 3.8) is 0 Å². The first-order chi connectivity index (χ1) is 9.58. The van der Waals surface area contributed by atoms with Gasteiger partial charge >= 0.3 is 11.9 Å². The fourth-order valence-electron chi connectivity index (χ4n) is 1.31. The molecule has 20 heavy (non-hydrogen) atoms. The molecule has 5 nitrogen and oxygen atoms in total. The molecule has 0 amide bonds. The van der Waals surface area contributed by atoms with E-state index in [1.165, 1.54) is 0 Å². The maximum Gasteiger partial charge on any atom is 0.361 e. The summed E-state index contributed by atoms with van der Waals surface area (Å²) >= 11 is 0. The number of ether oxygens (including phenoxy) is 2. The standard InChI is InChI=1S/C15H11NO4.2H2/c1-4-19-14(17)13(15(18)20-5-2)10-16-12-8-6-7-11(3)9-12;;/h1-2,6-10,16H,3H3;2*1H. The predicted octanol–water partition coefficient (Wildman–Crippen LogP) is 2.05. The fraction of sp³-hybridized carbons (Fsp3) is 0.0667. The van der Waals surface area contributed by atoms with Crippen molar-refractivity contribution < 1.29 is 21.9 Å². The molecule has 0 aliphatic carbocycles. The van der Waals surface area contributed by atoms with E-state index in [9.17, 15) is 9.59 Å². The molecule has 0 spiro atoms. The quantitative estimate of drug-likeness (QED) is 0.299. The largest absolute Gasteiger partial charge is 0.369 e. The molecule has 0 saturated carbocycles. The Kier molecular flexibility index (Phi) is 5.43. The van der Waals surface area contributed by atoms with E-state index in [-0.39, 0.29) is 2.85 Å². The van der Waals surface area contributed by atoms with Crippen LogP contribution in [0.3, 0.4) is 0 Å². The monoisotopic (exact) mass is 273 g/mol. The molecule has 1 aromatic carbocycles. The maximum absolute atomic E-state index is 11.5. The highest BCUT2D eigenvalue weighted by Gasteiger charge is 2.21. The number of terminal acetylenes is 2. The highest BCUT2D eigenvalue weighted by molar-refractivity contribution is 6.14. The summed E-state index contributed by atoms with van der Waals surface area (Å²) in [5, 5.41) is 2.76. The zero-order chi connectivity index (χ0) is 15.0. The van der Waals surface area contributed by atoms with Gasteiger partial charge in [0.25, 0.3) is 0 Å². The summed E-state index contributed by atoms with van der Waals surface area (Å²) in [4.78, 5) is 23.0. The van der Waals surface area contributed by atoms with Crippen molar-refractivity contribution in [3.8, 4) is 25.1 Å². The van der Waals surface area contributed by atoms with E-state index < -0.39 is 17.5 Å². The average molecular weight is 273 g/mol. The van der Waals surface area contributed by atoms with Gasteiger partial charge in [-0.3, -0.25) is 0 Å². The van der Waals surface area contributed by atoms with Gasteiger partial charge in [-0.1, -0.05) is 25.0 Å². The van der Waals surface area contributed by atoms with E-state index in [2.05, 4.69) is 14.8 Å². The number of aryl methyl sites for hydroxylation is 1. The Morgan fingerprint density at radius 2 is 1.85 bits per heavy atom. The molecule has 0 saturated heterocycles. The van der Waals surface area contributed by atoms with Crippen LogP contribution in [0.25, 0.3) is 0 Å². The number of carbonyl (C=O) groups is 2. The maximum atomic E-state index is 11.5. The molecule has 0 unspecified atom stereocenters. The highest BCUT2D eigenvalue weighted by Crippen LogP contribution is 2.11. The molecule has 0 aromatic heterocycles. The van der Waals surface area contributed by atoms with E-state index in [4.69, 9.17) is 12.8 Å². The number of hydrogen-bond donors (Lipinski definition) is 1. The summed E-state index contributed by atoms with van der Waals surface area (Å²) < 4.78 is 8.59. The van der Waals surface area contributed by atoms with Crippen LogP contribution in [0, 0.1) is 32.0 Å². The Balaban J connectivity index is 0. The van der Waals surface area contributed by atoms with Crippen LogP contribution >= 0.6 is 0 Å². The summed E-state index contributed by atoms with van der Waals surface area (Å²) in [6, 6.07) is 7.27. The molecular formula is C15H15NO4. The van der Waals surface area contributed by atoms with Gasteiger partial charge in [-0.05, 0) is 24.6 Å². The molecule has 5 heteroatoms. The lowest BCUT2D eigenvalue weighted by Gasteiger charge is -2.04. The van der Waals surface area contributed by atoms with Crippen molar-refractivity contribution >= 4 is 17.6 Å². The second-order valence-electron chi connectivity index (χ2n) is 3.59. The van der Waals surface area contributed by atoms with Crippen LogP contribution < -0.4 is 5.32 Å². The Hall–Kier alpha value is -3.18. The summed E-state index contributed by atoms with van der Waals surface area (Å²) in [5.74, 6) is -2.07. The zero-order valence-corrected chi connectivity index (χ0v) is 10.7. The summed E-state index contributed by atoms with van der Waals surface area (Å²) in [6.07, 6.45) is 14.1. The number of nitrogens with one attached hydrogen (secondary N) is 1. The van der Waals surface area contributed by atoms with Gasteiger partial charge in [0.05, 0.1) is 0 Å². The smallest absolute Gasteiger partial charge is 0.361 e.